The smallest absolute Gasteiger partial charge is 0.277 e. The molecule has 0 spiro atoms. The van der Waals surface area contributed by atoms with Crippen molar-refractivity contribution in [1.82, 2.24) is 0 Å². The van der Waals surface area contributed by atoms with Crippen LogP contribution in [0.4, 0.5) is 11.4 Å². The fourth-order valence-electron chi connectivity index (χ4n) is 3.41. The number of nitro benzene ring substituents is 2. The highest BCUT2D eigenvalue weighted by Crippen LogP contribution is 2.33. The zero-order chi connectivity index (χ0) is 22.7. The molecule has 0 heterocycles. The van der Waals surface area contributed by atoms with E-state index in [1.54, 1.807) is 84.9 Å². The Bertz CT molecular complexity index is 1190. The molecule has 0 amide bonds. The summed E-state index contributed by atoms with van der Waals surface area (Å²) < 4.78 is 13.0. The van der Waals surface area contributed by atoms with E-state index < -0.39 is 21.0 Å². The van der Waals surface area contributed by atoms with Gasteiger partial charge in [0.05, 0.1) is 21.0 Å². The minimum atomic E-state index is -1.47. The number of nitro groups is 2. The predicted molar refractivity (Wildman–Crippen MR) is 122 cm³/mol. The monoisotopic (exact) mass is 444 g/mol. The molecule has 0 aliphatic heterocycles. The van der Waals surface area contributed by atoms with Gasteiger partial charge < -0.3 is 4.55 Å². The van der Waals surface area contributed by atoms with Crippen molar-refractivity contribution in [3.63, 3.8) is 0 Å². The van der Waals surface area contributed by atoms with E-state index in [-0.39, 0.29) is 11.4 Å². The summed E-state index contributed by atoms with van der Waals surface area (Å²) in [5, 5.41) is 22.5. The van der Waals surface area contributed by atoms with Gasteiger partial charge in [0.1, 0.15) is 0 Å². The van der Waals surface area contributed by atoms with Gasteiger partial charge in [-0.3, -0.25) is 20.2 Å². The maximum atomic E-state index is 13.0. The van der Waals surface area contributed by atoms with E-state index >= 15 is 0 Å². The van der Waals surface area contributed by atoms with Crippen molar-refractivity contribution in [2.75, 3.05) is 0 Å². The van der Waals surface area contributed by atoms with Gasteiger partial charge in [-0.25, -0.2) is 0 Å². The number of nitrogens with zero attached hydrogens (tertiary/aromatic N) is 2. The highest BCUT2D eigenvalue weighted by atomic mass is 32.2. The molecule has 32 heavy (non-hydrogen) atoms. The maximum Gasteiger partial charge on any atom is 0.277 e. The number of rotatable bonds is 6. The van der Waals surface area contributed by atoms with Gasteiger partial charge in [-0.1, -0.05) is 24.3 Å². The van der Waals surface area contributed by atoms with E-state index in [1.165, 1.54) is 12.1 Å². The molecule has 0 saturated heterocycles. The molecule has 158 valence electrons. The Morgan fingerprint density at radius 2 is 0.875 bits per heavy atom. The fraction of sp³-hybridized carbons (Fsp3) is 0. The first-order valence-electron chi connectivity index (χ1n) is 9.55. The lowest BCUT2D eigenvalue weighted by atomic mass is 10.0. The molecule has 4 aromatic carbocycles. The van der Waals surface area contributed by atoms with Crippen LogP contribution in [-0.2, 0) is 11.2 Å². The second-order valence-corrected chi connectivity index (χ2v) is 8.35. The Morgan fingerprint density at radius 3 is 1.22 bits per heavy atom. The fourth-order valence-corrected chi connectivity index (χ4v) is 4.44. The standard InChI is InChI=1S/C24H16N2O5S/c27-25(28)23-7-3-1-5-21(23)17-9-13-19(14-10-17)32(31)20-15-11-18(12-16-20)22-6-2-4-8-24(22)26(29)30/h1-16H. The molecule has 8 heteroatoms. The zero-order valence-corrected chi connectivity index (χ0v) is 17.4. The molecule has 0 aromatic heterocycles. The van der Waals surface area contributed by atoms with Crippen LogP contribution in [0, 0.1) is 20.2 Å². The largest absolute Gasteiger partial charge is 0.606 e. The molecule has 0 saturated carbocycles. The average Bonchev–Trinajstić information content (AvgIpc) is 2.84. The van der Waals surface area contributed by atoms with Crippen molar-refractivity contribution >= 4 is 22.6 Å². The summed E-state index contributed by atoms with van der Waals surface area (Å²) >= 11 is -1.47. The Morgan fingerprint density at radius 1 is 0.531 bits per heavy atom. The van der Waals surface area contributed by atoms with E-state index in [4.69, 9.17) is 0 Å². The molecular weight excluding hydrogens is 428 g/mol. The third-order valence-corrected chi connectivity index (χ3v) is 6.36. The Kier molecular flexibility index (Phi) is 5.98. The number of hydrogen-bond acceptors (Lipinski definition) is 5. The van der Waals surface area contributed by atoms with E-state index in [0.29, 0.717) is 32.0 Å². The van der Waals surface area contributed by atoms with Crippen LogP contribution in [0.5, 0.6) is 0 Å². The van der Waals surface area contributed by atoms with E-state index in [1.807, 2.05) is 0 Å². The minimum absolute atomic E-state index is 0.00645. The molecule has 4 rings (SSSR count). The molecule has 0 bridgehead atoms. The second-order valence-electron chi connectivity index (χ2n) is 6.87. The van der Waals surface area contributed by atoms with Gasteiger partial charge in [0.15, 0.2) is 9.79 Å². The van der Waals surface area contributed by atoms with Crippen LogP contribution in [0.2, 0.25) is 0 Å². The molecule has 4 aromatic rings. The highest BCUT2D eigenvalue weighted by Gasteiger charge is 2.19. The van der Waals surface area contributed by atoms with Gasteiger partial charge >= 0.3 is 0 Å². The lowest BCUT2D eigenvalue weighted by Crippen LogP contribution is -2.02. The van der Waals surface area contributed by atoms with Crippen molar-refractivity contribution < 1.29 is 14.4 Å². The number of hydrogen-bond donors (Lipinski definition) is 0. The average molecular weight is 444 g/mol. The summed E-state index contributed by atoms with van der Waals surface area (Å²) in [6, 6.07) is 26.4. The van der Waals surface area contributed by atoms with Crippen molar-refractivity contribution in [1.29, 1.82) is 0 Å². The molecule has 0 radical (unpaired) electrons. The first-order chi connectivity index (χ1) is 15.5. The lowest BCUT2D eigenvalue weighted by Gasteiger charge is -2.11. The van der Waals surface area contributed by atoms with Crippen LogP contribution in [0.3, 0.4) is 0 Å². The number of benzene rings is 4. The Hall–Kier alpha value is -4.01. The molecular formula is C24H16N2O5S. The van der Waals surface area contributed by atoms with Gasteiger partial charge in [0.25, 0.3) is 11.4 Å². The normalized spacial score (nSPS) is 10.8. The summed E-state index contributed by atoms with van der Waals surface area (Å²) in [6.45, 7) is 0. The maximum absolute atomic E-state index is 13.0. The van der Waals surface area contributed by atoms with Crippen LogP contribution >= 0.6 is 0 Å². The Balaban J connectivity index is 1.59. The van der Waals surface area contributed by atoms with Crippen LogP contribution in [0.25, 0.3) is 22.3 Å². The topological polar surface area (TPSA) is 109 Å². The summed E-state index contributed by atoms with van der Waals surface area (Å²) in [5.41, 5.74) is 2.31. The van der Waals surface area contributed by atoms with Gasteiger partial charge in [0.2, 0.25) is 0 Å². The van der Waals surface area contributed by atoms with Crippen LogP contribution < -0.4 is 0 Å². The predicted octanol–water partition coefficient (Wildman–Crippen LogP) is 6.00. The minimum Gasteiger partial charge on any atom is -0.606 e. The lowest BCUT2D eigenvalue weighted by molar-refractivity contribution is -0.384. The molecule has 0 atom stereocenters. The van der Waals surface area contributed by atoms with Gasteiger partial charge in [-0.15, -0.1) is 0 Å². The first kappa shape index (κ1) is 21.2. The van der Waals surface area contributed by atoms with Crippen molar-refractivity contribution in [3.05, 3.63) is 117 Å². The summed E-state index contributed by atoms with van der Waals surface area (Å²) in [5.74, 6) is 0. The van der Waals surface area contributed by atoms with Crippen molar-refractivity contribution in [3.8, 4) is 22.3 Å². The van der Waals surface area contributed by atoms with Crippen molar-refractivity contribution in [2.24, 2.45) is 0 Å². The molecule has 0 aliphatic carbocycles. The highest BCUT2D eigenvalue weighted by molar-refractivity contribution is 7.91. The molecule has 0 aliphatic rings. The summed E-state index contributed by atoms with van der Waals surface area (Å²) in [4.78, 5) is 22.8. The zero-order valence-electron chi connectivity index (χ0n) is 16.6. The van der Waals surface area contributed by atoms with Gasteiger partial charge in [0, 0.05) is 23.3 Å². The Labute approximate surface area is 186 Å². The SMILES string of the molecule is O=[N+]([O-])c1ccccc1-c1ccc([S+]([O-])c2ccc(-c3ccccc3[N+](=O)[O-])cc2)cc1. The quantitative estimate of drug-likeness (QED) is 0.206. The van der Waals surface area contributed by atoms with Crippen molar-refractivity contribution in [2.45, 2.75) is 9.79 Å². The number of para-hydroxylation sites is 2. The van der Waals surface area contributed by atoms with E-state index in [0.717, 1.165) is 0 Å². The van der Waals surface area contributed by atoms with Gasteiger partial charge in [-0.2, -0.15) is 0 Å². The second kappa shape index (κ2) is 9.01. The van der Waals surface area contributed by atoms with Gasteiger partial charge in [-0.05, 0) is 71.8 Å². The van der Waals surface area contributed by atoms with E-state index in [9.17, 15) is 24.8 Å². The van der Waals surface area contributed by atoms with Crippen LogP contribution in [-0.4, -0.2) is 14.4 Å². The summed E-state index contributed by atoms with van der Waals surface area (Å²) in [6.07, 6.45) is 0. The molecule has 0 fully saturated rings. The van der Waals surface area contributed by atoms with Crippen LogP contribution in [0.1, 0.15) is 0 Å². The van der Waals surface area contributed by atoms with Crippen LogP contribution in [0.15, 0.2) is 107 Å². The van der Waals surface area contributed by atoms with E-state index in [2.05, 4.69) is 0 Å². The molecule has 0 unspecified atom stereocenters. The third-order valence-electron chi connectivity index (χ3n) is 4.96. The molecule has 0 N–H and O–H groups in total. The molecule has 7 nitrogen and oxygen atoms in total. The third kappa shape index (κ3) is 4.22. The first-order valence-corrected chi connectivity index (χ1v) is 10.7. The summed E-state index contributed by atoms with van der Waals surface area (Å²) in [7, 11) is 0.